The van der Waals surface area contributed by atoms with Gasteiger partial charge in [0.2, 0.25) is 5.91 Å². The molecule has 2 saturated heterocycles. The van der Waals surface area contributed by atoms with Crippen molar-refractivity contribution in [1.82, 2.24) is 15.2 Å². The third kappa shape index (κ3) is 4.24. The van der Waals surface area contributed by atoms with E-state index in [0.29, 0.717) is 12.6 Å². The van der Waals surface area contributed by atoms with Crippen LogP contribution < -0.4 is 10.2 Å². The predicted octanol–water partition coefficient (Wildman–Crippen LogP) is 1.26. The molecule has 6 heteroatoms. The van der Waals surface area contributed by atoms with Crippen LogP contribution in [-0.4, -0.2) is 61.7 Å². The fraction of sp³-hybridized carbons (Fsp3) is 0.667. The van der Waals surface area contributed by atoms with E-state index in [4.69, 9.17) is 4.74 Å². The number of ether oxygens (including phenoxy) is 1. The maximum atomic E-state index is 12.4. The molecule has 6 nitrogen and oxygen atoms in total. The molecule has 132 valence electrons. The number of pyridine rings is 1. The number of morpholine rings is 1. The SMILES string of the molecule is C[C@H]1C[C@@H](C(=O)NCc2ccnc(N3CCOCC3)c2)CCN1C. The van der Waals surface area contributed by atoms with E-state index in [1.54, 1.807) is 0 Å². The maximum absolute atomic E-state index is 12.4. The number of rotatable bonds is 4. The first kappa shape index (κ1) is 17.2. The summed E-state index contributed by atoms with van der Waals surface area (Å²) in [5, 5.41) is 3.11. The van der Waals surface area contributed by atoms with Crippen molar-refractivity contribution < 1.29 is 9.53 Å². The Bertz CT molecular complexity index is 560. The molecule has 0 aromatic carbocycles. The third-order valence-corrected chi connectivity index (χ3v) is 5.19. The fourth-order valence-electron chi connectivity index (χ4n) is 3.40. The number of amides is 1. The van der Waals surface area contributed by atoms with Crippen molar-refractivity contribution in [2.45, 2.75) is 32.4 Å². The summed E-state index contributed by atoms with van der Waals surface area (Å²) in [7, 11) is 2.13. The Labute approximate surface area is 144 Å². The quantitative estimate of drug-likeness (QED) is 0.900. The van der Waals surface area contributed by atoms with Gasteiger partial charge in [0.1, 0.15) is 5.82 Å². The Hall–Kier alpha value is -1.66. The van der Waals surface area contributed by atoms with Crippen LogP contribution in [0.25, 0.3) is 0 Å². The molecule has 2 fully saturated rings. The third-order valence-electron chi connectivity index (χ3n) is 5.19. The molecule has 1 N–H and O–H groups in total. The highest BCUT2D eigenvalue weighted by atomic mass is 16.5. The minimum Gasteiger partial charge on any atom is -0.378 e. The van der Waals surface area contributed by atoms with Gasteiger partial charge in [0.05, 0.1) is 13.2 Å². The highest BCUT2D eigenvalue weighted by molar-refractivity contribution is 5.78. The maximum Gasteiger partial charge on any atom is 0.223 e. The largest absolute Gasteiger partial charge is 0.378 e. The number of nitrogens with one attached hydrogen (secondary N) is 1. The van der Waals surface area contributed by atoms with Gasteiger partial charge < -0.3 is 19.9 Å². The minimum atomic E-state index is 0.136. The molecule has 0 spiro atoms. The molecule has 2 aliphatic rings. The van der Waals surface area contributed by atoms with E-state index in [1.165, 1.54) is 0 Å². The van der Waals surface area contributed by atoms with Gasteiger partial charge in [0, 0.05) is 37.8 Å². The standard InChI is InChI=1S/C18H28N4O2/c1-14-11-16(4-6-21(14)2)18(23)20-13-15-3-5-19-17(12-15)22-7-9-24-10-8-22/h3,5,12,14,16H,4,6-11,13H2,1-2H3,(H,20,23)/t14-,16-/m0/s1. The second-order valence-electron chi connectivity index (χ2n) is 6.89. The summed E-state index contributed by atoms with van der Waals surface area (Å²) in [5.74, 6) is 1.29. The number of aromatic nitrogens is 1. The van der Waals surface area contributed by atoms with Gasteiger partial charge in [-0.25, -0.2) is 4.98 Å². The number of hydrogen-bond donors (Lipinski definition) is 1. The lowest BCUT2D eigenvalue weighted by Crippen LogP contribution is -2.43. The lowest BCUT2D eigenvalue weighted by molar-refractivity contribution is -0.127. The minimum absolute atomic E-state index is 0.136. The Balaban J connectivity index is 1.53. The molecule has 0 aliphatic carbocycles. The van der Waals surface area contributed by atoms with Crippen LogP contribution in [0.4, 0.5) is 5.82 Å². The smallest absolute Gasteiger partial charge is 0.223 e. The van der Waals surface area contributed by atoms with Crippen molar-refractivity contribution in [2.24, 2.45) is 5.92 Å². The van der Waals surface area contributed by atoms with Crippen LogP contribution in [0, 0.1) is 5.92 Å². The molecule has 0 radical (unpaired) electrons. The highest BCUT2D eigenvalue weighted by Gasteiger charge is 2.27. The molecule has 0 bridgehead atoms. The number of piperidine rings is 1. The first-order valence-electron chi connectivity index (χ1n) is 8.89. The second kappa shape index (κ2) is 7.94. The van der Waals surface area contributed by atoms with Crippen LogP contribution in [0.2, 0.25) is 0 Å². The van der Waals surface area contributed by atoms with E-state index in [-0.39, 0.29) is 11.8 Å². The monoisotopic (exact) mass is 332 g/mol. The highest BCUT2D eigenvalue weighted by Crippen LogP contribution is 2.21. The Kier molecular flexibility index (Phi) is 5.68. The fourth-order valence-corrected chi connectivity index (χ4v) is 3.40. The molecule has 1 amide bonds. The predicted molar refractivity (Wildman–Crippen MR) is 93.9 cm³/mol. The molecule has 0 unspecified atom stereocenters. The van der Waals surface area contributed by atoms with Gasteiger partial charge in [-0.05, 0) is 51.1 Å². The summed E-state index contributed by atoms with van der Waals surface area (Å²) >= 11 is 0. The van der Waals surface area contributed by atoms with Crippen molar-refractivity contribution in [3.05, 3.63) is 23.9 Å². The first-order valence-corrected chi connectivity index (χ1v) is 8.89. The van der Waals surface area contributed by atoms with Gasteiger partial charge in [-0.2, -0.15) is 0 Å². The van der Waals surface area contributed by atoms with Crippen molar-refractivity contribution >= 4 is 11.7 Å². The number of carbonyl (C=O) groups excluding carboxylic acids is 1. The van der Waals surface area contributed by atoms with E-state index >= 15 is 0 Å². The Morgan fingerprint density at radius 3 is 2.92 bits per heavy atom. The summed E-state index contributed by atoms with van der Waals surface area (Å²) in [6.07, 6.45) is 3.71. The second-order valence-corrected chi connectivity index (χ2v) is 6.89. The molecular weight excluding hydrogens is 304 g/mol. The van der Waals surface area contributed by atoms with Gasteiger partial charge >= 0.3 is 0 Å². The van der Waals surface area contributed by atoms with Gasteiger partial charge in [-0.15, -0.1) is 0 Å². The van der Waals surface area contributed by atoms with E-state index < -0.39 is 0 Å². The number of likely N-dealkylation sites (tertiary alicyclic amines) is 1. The average Bonchev–Trinajstić information content (AvgIpc) is 2.63. The van der Waals surface area contributed by atoms with Crippen LogP contribution in [0.5, 0.6) is 0 Å². The molecule has 1 aromatic rings. The zero-order valence-electron chi connectivity index (χ0n) is 14.7. The summed E-state index contributed by atoms with van der Waals surface area (Å²) in [5.41, 5.74) is 1.10. The molecular formula is C18H28N4O2. The zero-order chi connectivity index (χ0) is 16.9. The van der Waals surface area contributed by atoms with E-state index in [2.05, 4.69) is 40.1 Å². The molecule has 24 heavy (non-hydrogen) atoms. The van der Waals surface area contributed by atoms with Crippen molar-refractivity contribution in [1.29, 1.82) is 0 Å². The van der Waals surface area contributed by atoms with E-state index in [9.17, 15) is 4.79 Å². The number of nitrogens with zero attached hydrogens (tertiary/aromatic N) is 3. The molecule has 2 aliphatic heterocycles. The summed E-state index contributed by atoms with van der Waals surface area (Å²) in [6.45, 7) is 6.99. The summed E-state index contributed by atoms with van der Waals surface area (Å²) in [6, 6.07) is 4.52. The zero-order valence-corrected chi connectivity index (χ0v) is 14.7. The molecule has 3 rings (SSSR count). The Morgan fingerprint density at radius 1 is 1.38 bits per heavy atom. The number of hydrogen-bond acceptors (Lipinski definition) is 5. The first-order chi connectivity index (χ1) is 11.6. The van der Waals surface area contributed by atoms with E-state index in [1.807, 2.05) is 12.3 Å². The van der Waals surface area contributed by atoms with Gasteiger partial charge in [0.15, 0.2) is 0 Å². The normalized spacial score (nSPS) is 25.5. The molecule has 2 atom stereocenters. The van der Waals surface area contributed by atoms with Crippen LogP contribution in [-0.2, 0) is 16.1 Å². The van der Waals surface area contributed by atoms with Crippen LogP contribution in [0.1, 0.15) is 25.3 Å². The average molecular weight is 332 g/mol. The lowest BCUT2D eigenvalue weighted by Gasteiger charge is -2.34. The van der Waals surface area contributed by atoms with Crippen LogP contribution in [0.15, 0.2) is 18.3 Å². The number of anilines is 1. The summed E-state index contributed by atoms with van der Waals surface area (Å²) < 4.78 is 5.38. The van der Waals surface area contributed by atoms with Crippen LogP contribution in [0.3, 0.4) is 0 Å². The van der Waals surface area contributed by atoms with Crippen molar-refractivity contribution in [3.63, 3.8) is 0 Å². The molecule has 1 aromatic heterocycles. The van der Waals surface area contributed by atoms with Crippen molar-refractivity contribution in [2.75, 3.05) is 44.8 Å². The lowest BCUT2D eigenvalue weighted by atomic mass is 9.91. The Morgan fingerprint density at radius 2 is 2.17 bits per heavy atom. The van der Waals surface area contributed by atoms with Crippen molar-refractivity contribution in [3.8, 4) is 0 Å². The van der Waals surface area contributed by atoms with Gasteiger partial charge in [-0.3, -0.25) is 4.79 Å². The van der Waals surface area contributed by atoms with Gasteiger partial charge in [0.25, 0.3) is 0 Å². The molecule has 3 heterocycles. The molecule has 0 saturated carbocycles. The van der Waals surface area contributed by atoms with E-state index in [0.717, 1.165) is 57.1 Å². The van der Waals surface area contributed by atoms with Gasteiger partial charge in [-0.1, -0.05) is 0 Å². The summed E-state index contributed by atoms with van der Waals surface area (Å²) in [4.78, 5) is 21.4. The van der Waals surface area contributed by atoms with Crippen LogP contribution >= 0.6 is 0 Å². The topological polar surface area (TPSA) is 57.7 Å². The number of carbonyl (C=O) groups is 1.